The van der Waals surface area contributed by atoms with Gasteiger partial charge >= 0.3 is 0 Å². The molecule has 1 aliphatic heterocycles. The number of amides is 2. The number of rotatable bonds is 9. The first-order valence-corrected chi connectivity index (χ1v) is 9.56. The minimum atomic E-state index is -0.00380. The van der Waals surface area contributed by atoms with Crippen molar-refractivity contribution in [1.82, 2.24) is 15.1 Å². The zero-order chi connectivity index (χ0) is 19.6. The molecule has 2 amide bonds. The SMILES string of the molecule is CCC(C)NC(=O)CN1CCN(C(=O)c2cccc(OCCOC)c2)CC1. The van der Waals surface area contributed by atoms with Gasteiger partial charge in [-0.15, -0.1) is 0 Å². The number of carbonyl (C=O) groups is 2. The van der Waals surface area contributed by atoms with Gasteiger partial charge in [-0.3, -0.25) is 14.5 Å². The van der Waals surface area contributed by atoms with Crippen LogP contribution in [0.4, 0.5) is 0 Å². The van der Waals surface area contributed by atoms with Crippen molar-refractivity contribution in [3.05, 3.63) is 29.8 Å². The largest absolute Gasteiger partial charge is 0.491 e. The zero-order valence-electron chi connectivity index (χ0n) is 16.6. The molecule has 27 heavy (non-hydrogen) atoms. The standard InChI is InChI=1S/C20H31N3O4/c1-4-16(2)21-19(24)15-22-8-10-23(11-9-22)20(25)17-6-5-7-18(14-17)27-13-12-26-3/h5-7,14,16H,4,8-13,15H2,1-3H3,(H,21,24). The third kappa shape index (κ3) is 6.84. The van der Waals surface area contributed by atoms with Gasteiger partial charge in [0.05, 0.1) is 13.2 Å². The number of benzene rings is 1. The first kappa shape index (κ1) is 21.2. The van der Waals surface area contributed by atoms with Gasteiger partial charge in [-0.1, -0.05) is 13.0 Å². The number of nitrogens with one attached hydrogen (secondary N) is 1. The lowest BCUT2D eigenvalue weighted by Crippen LogP contribution is -2.51. The van der Waals surface area contributed by atoms with Crippen molar-refractivity contribution in [2.45, 2.75) is 26.3 Å². The Morgan fingerprint density at radius 1 is 1.19 bits per heavy atom. The Kier molecular flexibility index (Phi) is 8.54. The molecule has 7 nitrogen and oxygen atoms in total. The highest BCUT2D eigenvalue weighted by atomic mass is 16.5. The third-order valence-electron chi connectivity index (χ3n) is 4.68. The second-order valence-electron chi connectivity index (χ2n) is 6.81. The molecule has 1 atom stereocenters. The Morgan fingerprint density at radius 3 is 2.59 bits per heavy atom. The molecule has 7 heteroatoms. The monoisotopic (exact) mass is 377 g/mol. The van der Waals surface area contributed by atoms with Crippen molar-refractivity contribution in [2.24, 2.45) is 0 Å². The Bertz CT molecular complexity index is 615. The zero-order valence-corrected chi connectivity index (χ0v) is 16.6. The lowest BCUT2D eigenvalue weighted by Gasteiger charge is -2.34. The van der Waals surface area contributed by atoms with E-state index in [4.69, 9.17) is 9.47 Å². The van der Waals surface area contributed by atoms with Crippen LogP contribution >= 0.6 is 0 Å². The van der Waals surface area contributed by atoms with Crippen LogP contribution in [-0.4, -0.2) is 80.7 Å². The fourth-order valence-electron chi connectivity index (χ4n) is 2.88. The molecule has 0 saturated carbocycles. The second kappa shape index (κ2) is 10.9. The van der Waals surface area contributed by atoms with Gasteiger partial charge in [0.1, 0.15) is 12.4 Å². The van der Waals surface area contributed by atoms with E-state index in [1.807, 2.05) is 30.9 Å². The number of hydrogen-bond acceptors (Lipinski definition) is 5. The van der Waals surface area contributed by atoms with Crippen LogP contribution in [0, 0.1) is 0 Å². The summed E-state index contributed by atoms with van der Waals surface area (Å²) in [7, 11) is 1.62. The summed E-state index contributed by atoms with van der Waals surface area (Å²) in [5.74, 6) is 0.708. The van der Waals surface area contributed by atoms with Crippen molar-refractivity contribution in [1.29, 1.82) is 0 Å². The molecule has 0 aliphatic carbocycles. The first-order valence-electron chi connectivity index (χ1n) is 9.56. The maximum Gasteiger partial charge on any atom is 0.254 e. The highest BCUT2D eigenvalue weighted by molar-refractivity contribution is 5.94. The van der Waals surface area contributed by atoms with Crippen LogP contribution in [0.5, 0.6) is 5.75 Å². The number of ether oxygens (including phenoxy) is 2. The van der Waals surface area contributed by atoms with Gasteiger partial charge in [-0.2, -0.15) is 0 Å². The maximum atomic E-state index is 12.7. The first-order chi connectivity index (χ1) is 13.0. The van der Waals surface area contributed by atoms with Crippen LogP contribution in [0.2, 0.25) is 0 Å². The maximum absolute atomic E-state index is 12.7. The number of methoxy groups -OCH3 is 1. The second-order valence-corrected chi connectivity index (χ2v) is 6.81. The lowest BCUT2D eigenvalue weighted by atomic mass is 10.1. The van der Waals surface area contributed by atoms with Crippen LogP contribution in [0.25, 0.3) is 0 Å². The van der Waals surface area contributed by atoms with Crippen LogP contribution in [0.1, 0.15) is 30.6 Å². The predicted octanol–water partition coefficient (Wildman–Crippen LogP) is 1.38. The summed E-state index contributed by atoms with van der Waals surface area (Å²) >= 11 is 0. The number of piperazine rings is 1. The van der Waals surface area contributed by atoms with Crippen LogP contribution in [0.15, 0.2) is 24.3 Å². The minimum Gasteiger partial charge on any atom is -0.491 e. The van der Waals surface area contributed by atoms with E-state index < -0.39 is 0 Å². The molecule has 1 aromatic carbocycles. The molecule has 150 valence electrons. The summed E-state index contributed by atoms with van der Waals surface area (Å²) in [5.41, 5.74) is 0.618. The lowest BCUT2D eigenvalue weighted by molar-refractivity contribution is -0.123. The molecule has 1 aliphatic rings. The fraction of sp³-hybridized carbons (Fsp3) is 0.600. The molecular weight excluding hydrogens is 346 g/mol. The van der Waals surface area contributed by atoms with Gasteiger partial charge in [-0.05, 0) is 31.5 Å². The molecule has 0 aromatic heterocycles. The highest BCUT2D eigenvalue weighted by Gasteiger charge is 2.23. The smallest absolute Gasteiger partial charge is 0.254 e. The molecule has 2 rings (SSSR count). The summed E-state index contributed by atoms with van der Waals surface area (Å²) in [6.45, 7) is 8.02. The number of carbonyl (C=O) groups excluding carboxylic acids is 2. The molecule has 1 saturated heterocycles. The molecule has 1 aromatic rings. The molecular formula is C20H31N3O4. The predicted molar refractivity (Wildman–Crippen MR) is 104 cm³/mol. The number of nitrogens with zero attached hydrogens (tertiary/aromatic N) is 2. The molecule has 1 unspecified atom stereocenters. The van der Waals surface area contributed by atoms with Crippen molar-refractivity contribution < 1.29 is 19.1 Å². The van der Waals surface area contributed by atoms with Crippen molar-refractivity contribution in [3.63, 3.8) is 0 Å². The normalized spacial score (nSPS) is 16.0. The summed E-state index contributed by atoms with van der Waals surface area (Å²) in [6.07, 6.45) is 0.919. The Labute approximate surface area is 161 Å². The summed E-state index contributed by atoms with van der Waals surface area (Å²) in [5, 5.41) is 2.98. The van der Waals surface area contributed by atoms with Crippen LogP contribution in [0.3, 0.4) is 0 Å². The van der Waals surface area contributed by atoms with E-state index in [1.54, 1.807) is 19.2 Å². The van der Waals surface area contributed by atoms with Gasteiger partial charge < -0.3 is 19.7 Å². The average Bonchev–Trinajstić information content (AvgIpc) is 2.68. The molecule has 1 N–H and O–H groups in total. The molecule has 1 fully saturated rings. The topological polar surface area (TPSA) is 71.1 Å². The van der Waals surface area contributed by atoms with E-state index in [-0.39, 0.29) is 17.9 Å². The molecule has 0 radical (unpaired) electrons. The minimum absolute atomic E-state index is 0.00380. The van der Waals surface area contributed by atoms with E-state index in [0.717, 1.165) is 6.42 Å². The van der Waals surface area contributed by atoms with Crippen molar-refractivity contribution in [2.75, 3.05) is 53.0 Å². The van der Waals surface area contributed by atoms with Gasteiger partial charge in [-0.25, -0.2) is 0 Å². The Morgan fingerprint density at radius 2 is 1.93 bits per heavy atom. The Hall–Kier alpha value is -2.12. The quantitative estimate of drug-likeness (QED) is 0.659. The Balaban J connectivity index is 1.82. The average molecular weight is 377 g/mol. The van der Waals surface area contributed by atoms with Gasteiger partial charge in [0, 0.05) is 44.9 Å². The highest BCUT2D eigenvalue weighted by Crippen LogP contribution is 2.16. The van der Waals surface area contributed by atoms with Gasteiger partial charge in [0.25, 0.3) is 5.91 Å². The third-order valence-corrected chi connectivity index (χ3v) is 4.68. The number of hydrogen-bond donors (Lipinski definition) is 1. The van der Waals surface area contributed by atoms with Crippen LogP contribution < -0.4 is 10.1 Å². The molecule has 0 bridgehead atoms. The summed E-state index contributed by atoms with van der Waals surface area (Å²) < 4.78 is 10.5. The van der Waals surface area contributed by atoms with Crippen LogP contribution in [-0.2, 0) is 9.53 Å². The van der Waals surface area contributed by atoms with E-state index in [2.05, 4.69) is 10.2 Å². The summed E-state index contributed by atoms with van der Waals surface area (Å²) in [4.78, 5) is 28.7. The van der Waals surface area contributed by atoms with E-state index >= 15 is 0 Å². The van der Waals surface area contributed by atoms with Crippen molar-refractivity contribution >= 4 is 11.8 Å². The van der Waals surface area contributed by atoms with Gasteiger partial charge in [0.15, 0.2) is 0 Å². The van der Waals surface area contributed by atoms with E-state index in [0.29, 0.717) is 57.3 Å². The van der Waals surface area contributed by atoms with Crippen molar-refractivity contribution in [3.8, 4) is 5.75 Å². The molecule has 1 heterocycles. The summed E-state index contributed by atoms with van der Waals surface area (Å²) in [6, 6.07) is 7.42. The van der Waals surface area contributed by atoms with E-state index in [1.165, 1.54) is 0 Å². The molecule has 0 spiro atoms. The van der Waals surface area contributed by atoms with E-state index in [9.17, 15) is 9.59 Å². The fourth-order valence-corrected chi connectivity index (χ4v) is 2.88. The van der Waals surface area contributed by atoms with Gasteiger partial charge in [0.2, 0.25) is 5.91 Å².